The first-order chi connectivity index (χ1) is 12.1. The summed E-state index contributed by atoms with van der Waals surface area (Å²) in [6, 6.07) is 9.18. The molecule has 2 rings (SSSR count). The van der Waals surface area contributed by atoms with E-state index in [9.17, 15) is 4.79 Å². The molecule has 0 saturated carbocycles. The van der Waals surface area contributed by atoms with Crippen molar-refractivity contribution in [1.82, 2.24) is 10.3 Å². The lowest BCUT2D eigenvalue weighted by atomic mass is 10.2. The maximum atomic E-state index is 12.5. The summed E-state index contributed by atoms with van der Waals surface area (Å²) in [6.45, 7) is 3.09. The van der Waals surface area contributed by atoms with E-state index in [1.165, 1.54) is 0 Å². The largest absolute Gasteiger partial charge is 0.493 e. The Balaban J connectivity index is 2.07. The number of hydrogen-bond donors (Lipinski definition) is 1. The molecule has 0 aliphatic heterocycles. The van der Waals surface area contributed by atoms with Gasteiger partial charge in [-0.05, 0) is 36.2 Å². The molecule has 0 aliphatic rings. The highest BCUT2D eigenvalue weighted by molar-refractivity contribution is 5.98. The van der Waals surface area contributed by atoms with Crippen molar-refractivity contribution < 1.29 is 14.3 Å². The second-order valence-corrected chi connectivity index (χ2v) is 5.79. The molecule has 1 heterocycles. The number of carbonyl (C=O) groups is 1. The third-order valence-corrected chi connectivity index (χ3v) is 3.60. The van der Waals surface area contributed by atoms with E-state index in [4.69, 9.17) is 9.47 Å². The molecule has 1 amide bonds. The first kappa shape index (κ1) is 18.6. The molecule has 1 aromatic heterocycles. The monoisotopic (exact) mass is 343 g/mol. The van der Waals surface area contributed by atoms with Crippen molar-refractivity contribution in [2.45, 2.75) is 19.9 Å². The third-order valence-electron chi connectivity index (χ3n) is 3.60. The summed E-state index contributed by atoms with van der Waals surface area (Å²) in [7, 11) is 5.33. The third kappa shape index (κ3) is 4.86. The SMILES string of the molecule is CCCOc1ccc(CNC(=O)c2cccnc2N(C)C)cc1OC. The summed E-state index contributed by atoms with van der Waals surface area (Å²) in [5.41, 5.74) is 1.48. The van der Waals surface area contributed by atoms with Gasteiger partial charge in [0.15, 0.2) is 11.5 Å². The summed E-state index contributed by atoms with van der Waals surface area (Å²) in [5.74, 6) is 1.85. The van der Waals surface area contributed by atoms with Gasteiger partial charge in [-0.25, -0.2) is 4.98 Å². The van der Waals surface area contributed by atoms with Crippen LogP contribution in [0.2, 0.25) is 0 Å². The zero-order valence-corrected chi connectivity index (χ0v) is 15.2. The molecule has 0 aliphatic carbocycles. The van der Waals surface area contributed by atoms with Gasteiger partial charge in [-0.3, -0.25) is 4.79 Å². The molecule has 25 heavy (non-hydrogen) atoms. The molecule has 0 fully saturated rings. The average molecular weight is 343 g/mol. The van der Waals surface area contributed by atoms with Crippen LogP contribution in [0.15, 0.2) is 36.5 Å². The van der Waals surface area contributed by atoms with Crippen molar-refractivity contribution in [3.05, 3.63) is 47.7 Å². The lowest BCUT2D eigenvalue weighted by Crippen LogP contribution is -2.26. The Kier molecular flexibility index (Phi) is 6.62. The van der Waals surface area contributed by atoms with Crippen molar-refractivity contribution in [2.75, 3.05) is 32.7 Å². The number of anilines is 1. The van der Waals surface area contributed by atoms with E-state index in [0.29, 0.717) is 36.0 Å². The highest BCUT2D eigenvalue weighted by Crippen LogP contribution is 2.28. The Hall–Kier alpha value is -2.76. The number of benzene rings is 1. The Bertz CT molecular complexity index is 717. The maximum Gasteiger partial charge on any atom is 0.255 e. The molecule has 0 spiro atoms. The average Bonchev–Trinajstić information content (AvgIpc) is 2.64. The van der Waals surface area contributed by atoms with Gasteiger partial charge >= 0.3 is 0 Å². The molecule has 6 heteroatoms. The number of methoxy groups -OCH3 is 1. The zero-order valence-electron chi connectivity index (χ0n) is 15.2. The fourth-order valence-electron chi connectivity index (χ4n) is 2.36. The lowest BCUT2D eigenvalue weighted by molar-refractivity contribution is 0.0951. The van der Waals surface area contributed by atoms with E-state index in [1.807, 2.05) is 37.2 Å². The Labute approximate surface area is 148 Å². The van der Waals surface area contributed by atoms with Gasteiger partial charge < -0.3 is 19.7 Å². The minimum Gasteiger partial charge on any atom is -0.493 e. The van der Waals surface area contributed by atoms with Crippen molar-refractivity contribution >= 4 is 11.7 Å². The number of amides is 1. The zero-order chi connectivity index (χ0) is 18.2. The molecular formula is C19H25N3O3. The lowest BCUT2D eigenvalue weighted by Gasteiger charge is -2.16. The number of hydrogen-bond acceptors (Lipinski definition) is 5. The van der Waals surface area contributed by atoms with Crippen molar-refractivity contribution in [3.63, 3.8) is 0 Å². The topological polar surface area (TPSA) is 63.7 Å². The number of pyridine rings is 1. The fraction of sp³-hybridized carbons (Fsp3) is 0.368. The van der Waals surface area contributed by atoms with Crippen molar-refractivity contribution in [1.29, 1.82) is 0 Å². The quantitative estimate of drug-likeness (QED) is 0.798. The molecule has 1 N–H and O–H groups in total. The van der Waals surface area contributed by atoms with Crippen LogP contribution in [0, 0.1) is 0 Å². The van der Waals surface area contributed by atoms with Crippen LogP contribution in [0.5, 0.6) is 11.5 Å². The number of nitrogens with zero attached hydrogens (tertiary/aromatic N) is 2. The van der Waals surface area contributed by atoms with E-state index in [-0.39, 0.29) is 5.91 Å². The predicted molar refractivity (Wildman–Crippen MR) is 98.5 cm³/mol. The minimum absolute atomic E-state index is 0.165. The van der Waals surface area contributed by atoms with E-state index >= 15 is 0 Å². The van der Waals surface area contributed by atoms with Gasteiger partial charge in [0.2, 0.25) is 0 Å². The van der Waals surface area contributed by atoms with Gasteiger partial charge in [0.25, 0.3) is 5.91 Å². The van der Waals surface area contributed by atoms with Crippen LogP contribution in [0.25, 0.3) is 0 Å². The summed E-state index contributed by atoms with van der Waals surface area (Å²) in [5, 5.41) is 2.92. The molecule has 0 atom stereocenters. The summed E-state index contributed by atoms with van der Waals surface area (Å²) >= 11 is 0. The normalized spacial score (nSPS) is 10.2. The number of nitrogens with one attached hydrogen (secondary N) is 1. The van der Waals surface area contributed by atoms with Crippen LogP contribution >= 0.6 is 0 Å². The van der Waals surface area contributed by atoms with Gasteiger partial charge in [-0.15, -0.1) is 0 Å². The molecule has 6 nitrogen and oxygen atoms in total. The summed E-state index contributed by atoms with van der Waals surface area (Å²) < 4.78 is 11.0. The highest BCUT2D eigenvalue weighted by atomic mass is 16.5. The number of carbonyl (C=O) groups excluding carboxylic acids is 1. The molecule has 0 unspecified atom stereocenters. The molecular weight excluding hydrogens is 318 g/mol. The Morgan fingerprint density at radius 2 is 2.04 bits per heavy atom. The Morgan fingerprint density at radius 3 is 2.72 bits per heavy atom. The van der Waals surface area contributed by atoms with E-state index < -0.39 is 0 Å². The first-order valence-corrected chi connectivity index (χ1v) is 8.27. The fourth-order valence-corrected chi connectivity index (χ4v) is 2.36. The highest BCUT2D eigenvalue weighted by Gasteiger charge is 2.14. The van der Waals surface area contributed by atoms with E-state index in [2.05, 4.69) is 17.2 Å². The second kappa shape index (κ2) is 8.92. The molecule has 0 saturated heterocycles. The van der Waals surface area contributed by atoms with Gasteiger partial charge in [0, 0.05) is 26.8 Å². The smallest absolute Gasteiger partial charge is 0.255 e. The van der Waals surface area contributed by atoms with Gasteiger partial charge in [0.05, 0.1) is 19.3 Å². The van der Waals surface area contributed by atoms with Crippen molar-refractivity contribution in [3.8, 4) is 11.5 Å². The van der Waals surface area contributed by atoms with Crippen LogP contribution in [-0.2, 0) is 6.54 Å². The Morgan fingerprint density at radius 1 is 1.24 bits per heavy atom. The summed E-state index contributed by atoms with van der Waals surface area (Å²) in [6.07, 6.45) is 2.60. The summed E-state index contributed by atoms with van der Waals surface area (Å²) in [4.78, 5) is 18.5. The van der Waals surface area contributed by atoms with Crippen LogP contribution < -0.4 is 19.7 Å². The molecule has 2 aromatic rings. The second-order valence-electron chi connectivity index (χ2n) is 5.79. The minimum atomic E-state index is -0.165. The van der Waals surface area contributed by atoms with Crippen LogP contribution in [0.4, 0.5) is 5.82 Å². The van der Waals surface area contributed by atoms with Crippen LogP contribution in [0.1, 0.15) is 29.3 Å². The first-order valence-electron chi connectivity index (χ1n) is 8.27. The molecule has 1 aromatic carbocycles. The molecule has 134 valence electrons. The molecule has 0 bridgehead atoms. The number of aromatic nitrogens is 1. The van der Waals surface area contributed by atoms with Gasteiger partial charge in [0.1, 0.15) is 5.82 Å². The maximum absolute atomic E-state index is 12.5. The van der Waals surface area contributed by atoms with Gasteiger partial charge in [-0.2, -0.15) is 0 Å². The standard InChI is InChI=1S/C19H25N3O3/c1-5-11-25-16-9-8-14(12-17(16)24-4)13-21-19(23)15-7-6-10-20-18(15)22(2)3/h6-10,12H,5,11,13H2,1-4H3,(H,21,23). The van der Waals surface area contributed by atoms with Crippen LogP contribution in [-0.4, -0.2) is 38.7 Å². The van der Waals surface area contributed by atoms with E-state index in [0.717, 1.165) is 12.0 Å². The van der Waals surface area contributed by atoms with Crippen molar-refractivity contribution in [2.24, 2.45) is 0 Å². The number of rotatable bonds is 8. The van der Waals surface area contributed by atoms with E-state index in [1.54, 1.807) is 25.4 Å². The predicted octanol–water partition coefficient (Wildman–Crippen LogP) is 2.88. The molecule has 0 radical (unpaired) electrons. The van der Waals surface area contributed by atoms with Gasteiger partial charge in [-0.1, -0.05) is 13.0 Å². The van der Waals surface area contributed by atoms with Crippen LogP contribution in [0.3, 0.4) is 0 Å². The number of ether oxygens (including phenoxy) is 2.